The SMILES string of the molecule is BrCC(COc1cccc2ncccc12)c1ccccc1. The van der Waals surface area contributed by atoms with Gasteiger partial charge in [0.05, 0.1) is 12.1 Å². The predicted octanol–water partition coefficient (Wildman–Crippen LogP) is 4.79. The van der Waals surface area contributed by atoms with E-state index in [0.717, 1.165) is 22.0 Å². The molecule has 0 spiro atoms. The summed E-state index contributed by atoms with van der Waals surface area (Å²) in [5.41, 5.74) is 2.25. The van der Waals surface area contributed by atoms with Crippen molar-refractivity contribution in [1.82, 2.24) is 4.98 Å². The Bertz CT molecular complexity index is 709. The molecule has 1 unspecified atom stereocenters. The second kappa shape index (κ2) is 6.72. The summed E-state index contributed by atoms with van der Waals surface area (Å²) in [5, 5.41) is 1.93. The van der Waals surface area contributed by atoms with Gasteiger partial charge in [0.2, 0.25) is 0 Å². The minimum Gasteiger partial charge on any atom is -0.492 e. The molecular weight excluding hydrogens is 326 g/mol. The van der Waals surface area contributed by atoms with E-state index in [1.54, 1.807) is 6.20 Å². The molecule has 3 heteroatoms. The fraction of sp³-hybridized carbons (Fsp3) is 0.167. The Labute approximate surface area is 132 Å². The lowest BCUT2D eigenvalue weighted by Gasteiger charge is -2.16. The van der Waals surface area contributed by atoms with Crippen LogP contribution in [-0.2, 0) is 0 Å². The molecule has 0 bridgehead atoms. The smallest absolute Gasteiger partial charge is 0.128 e. The minimum absolute atomic E-state index is 0.332. The van der Waals surface area contributed by atoms with Crippen molar-refractivity contribution in [3.05, 3.63) is 72.4 Å². The van der Waals surface area contributed by atoms with E-state index in [-0.39, 0.29) is 0 Å². The maximum atomic E-state index is 6.06. The molecule has 0 aliphatic heterocycles. The second-order valence-electron chi connectivity index (χ2n) is 4.90. The zero-order valence-electron chi connectivity index (χ0n) is 11.6. The van der Waals surface area contributed by atoms with Crippen LogP contribution in [0.5, 0.6) is 5.75 Å². The Kier molecular flexibility index (Phi) is 4.51. The normalized spacial score (nSPS) is 12.2. The number of nitrogens with zero attached hydrogens (tertiary/aromatic N) is 1. The van der Waals surface area contributed by atoms with E-state index in [0.29, 0.717) is 12.5 Å². The van der Waals surface area contributed by atoms with E-state index < -0.39 is 0 Å². The summed E-state index contributed by atoms with van der Waals surface area (Å²) >= 11 is 3.58. The van der Waals surface area contributed by atoms with Crippen LogP contribution in [0.1, 0.15) is 11.5 Å². The fourth-order valence-corrected chi connectivity index (χ4v) is 2.91. The third-order valence-corrected chi connectivity index (χ3v) is 4.28. The molecule has 0 fully saturated rings. The number of benzene rings is 2. The second-order valence-corrected chi connectivity index (χ2v) is 5.55. The first kappa shape index (κ1) is 14.1. The number of pyridine rings is 1. The molecule has 0 amide bonds. The monoisotopic (exact) mass is 341 g/mol. The van der Waals surface area contributed by atoms with Crippen molar-refractivity contribution in [2.75, 3.05) is 11.9 Å². The number of ether oxygens (including phenoxy) is 1. The Balaban J connectivity index is 1.79. The fourth-order valence-electron chi connectivity index (χ4n) is 2.35. The summed E-state index contributed by atoms with van der Waals surface area (Å²) in [4.78, 5) is 4.36. The van der Waals surface area contributed by atoms with Crippen molar-refractivity contribution < 1.29 is 4.74 Å². The highest BCUT2D eigenvalue weighted by Crippen LogP contribution is 2.26. The number of alkyl halides is 1. The molecule has 3 rings (SSSR count). The van der Waals surface area contributed by atoms with Gasteiger partial charge < -0.3 is 4.74 Å². The molecule has 1 aromatic heterocycles. The van der Waals surface area contributed by atoms with Gasteiger partial charge in [-0.3, -0.25) is 4.98 Å². The standard InChI is InChI=1S/C18H16BrNO/c19-12-15(14-6-2-1-3-7-14)13-21-18-10-4-9-17-16(18)8-5-11-20-17/h1-11,15H,12-13H2. The first-order valence-corrected chi connectivity index (χ1v) is 8.08. The van der Waals surface area contributed by atoms with Gasteiger partial charge in [0.25, 0.3) is 0 Å². The zero-order chi connectivity index (χ0) is 14.5. The predicted molar refractivity (Wildman–Crippen MR) is 90.2 cm³/mol. The summed E-state index contributed by atoms with van der Waals surface area (Å²) < 4.78 is 6.06. The largest absolute Gasteiger partial charge is 0.492 e. The molecule has 2 aromatic carbocycles. The first-order chi connectivity index (χ1) is 10.4. The van der Waals surface area contributed by atoms with Crippen LogP contribution in [0.15, 0.2) is 66.9 Å². The maximum absolute atomic E-state index is 6.06. The molecule has 0 aliphatic carbocycles. The highest BCUT2D eigenvalue weighted by atomic mass is 79.9. The molecular formula is C18H16BrNO. The van der Waals surface area contributed by atoms with Gasteiger partial charge in [0, 0.05) is 22.8 Å². The van der Waals surface area contributed by atoms with Crippen LogP contribution in [0.4, 0.5) is 0 Å². The molecule has 106 valence electrons. The molecule has 0 saturated carbocycles. The van der Waals surface area contributed by atoms with Gasteiger partial charge in [-0.1, -0.05) is 52.3 Å². The quantitative estimate of drug-likeness (QED) is 0.622. The van der Waals surface area contributed by atoms with E-state index in [4.69, 9.17) is 4.74 Å². The molecule has 21 heavy (non-hydrogen) atoms. The van der Waals surface area contributed by atoms with E-state index in [1.165, 1.54) is 5.56 Å². The summed E-state index contributed by atoms with van der Waals surface area (Å²) in [6.45, 7) is 0.642. The van der Waals surface area contributed by atoms with E-state index in [2.05, 4.69) is 45.2 Å². The van der Waals surface area contributed by atoms with Crippen molar-refractivity contribution in [2.24, 2.45) is 0 Å². The van der Waals surface area contributed by atoms with Gasteiger partial charge in [-0.15, -0.1) is 0 Å². The number of fused-ring (bicyclic) bond motifs is 1. The summed E-state index contributed by atoms with van der Waals surface area (Å²) in [6, 6.07) is 20.4. The van der Waals surface area contributed by atoms with Gasteiger partial charge in [0.1, 0.15) is 5.75 Å². The van der Waals surface area contributed by atoms with Crippen LogP contribution in [-0.4, -0.2) is 16.9 Å². The number of halogens is 1. The lowest BCUT2D eigenvalue weighted by Crippen LogP contribution is -2.11. The summed E-state index contributed by atoms with van der Waals surface area (Å²) in [7, 11) is 0. The van der Waals surface area contributed by atoms with Gasteiger partial charge >= 0.3 is 0 Å². The topological polar surface area (TPSA) is 22.1 Å². The van der Waals surface area contributed by atoms with Gasteiger partial charge in [0.15, 0.2) is 0 Å². The van der Waals surface area contributed by atoms with Crippen molar-refractivity contribution in [3.8, 4) is 5.75 Å². The van der Waals surface area contributed by atoms with E-state index in [9.17, 15) is 0 Å². The molecule has 1 heterocycles. The van der Waals surface area contributed by atoms with E-state index >= 15 is 0 Å². The van der Waals surface area contributed by atoms with Gasteiger partial charge in [-0.05, 0) is 29.8 Å². The lowest BCUT2D eigenvalue weighted by atomic mass is 10.0. The molecule has 3 aromatic rings. The third kappa shape index (κ3) is 3.24. The van der Waals surface area contributed by atoms with E-state index in [1.807, 2.05) is 36.4 Å². The first-order valence-electron chi connectivity index (χ1n) is 6.96. The zero-order valence-corrected chi connectivity index (χ0v) is 13.2. The van der Waals surface area contributed by atoms with Crippen molar-refractivity contribution >= 4 is 26.8 Å². The Hall–Kier alpha value is -1.87. The molecule has 2 nitrogen and oxygen atoms in total. The summed E-state index contributed by atoms with van der Waals surface area (Å²) in [6.07, 6.45) is 1.80. The van der Waals surface area contributed by atoms with Crippen LogP contribution in [0.3, 0.4) is 0 Å². The van der Waals surface area contributed by atoms with Crippen LogP contribution >= 0.6 is 15.9 Å². The maximum Gasteiger partial charge on any atom is 0.128 e. The average molecular weight is 342 g/mol. The Morgan fingerprint density at radius 1 is 0.952 bits per heavy atom. The van der Waals surface area contributed by atoms with Gasteiger partial charge in [-0.25, -0.2) is 0 Å². The highest BCUT2D eigenvalue weighted by molar-refractivity contribution is 9.09. The van der Waals surface area contributed by atoms with Crippen molar-refractivity contribution in [2.45, 2.75) is 5.92 Å². The van der Waals surface area contributed by atoms with Gasteiger partial charge in [-0.2, -0.15) is 0 Å². The van der Waals surface area contributed by atoms with Crippen LogP contribution in [0, 0.1) is 0 Å². The average Bonchev–Trinajstić information content (AvgIpc) is 2.56. The van der Waals surface area contributed by atoms with Crippen LogP contribution < -0.4 is 4.74 Å². The van der Waals surface area contributed by atoms with Crippen LogP contribution in [0.25, 0.3) is 10.9 Å². The van der Waals surface area contributed by atoms with Crippen LogP contribution in [0.2, 0.25) is 0 Å². The molecule has 0 saturated heterocycles. The lowest BCUT2D eigenvalue weighted by molar-refractivity contribution is 0.301. The van der Waals surface area contributed by atoms with Crippen molar-refractivity contribution in [1.29, 1.82) is 0 Å². The number of hydrogen-bond donors (Lipinski definition) is 0. The Morgan fingerprint density at radius 2 is 1.81 bits per heavy atom. The number of rotatable bonds is 5. The Morgan fingerprint density at radius 3 is 2.62 bits per heavy atom. The molecule has 1 atom stereocenters. The minimum atomic E-state index is 0.332. The third-order valence-electron chi connectivity index (χ3n) is 3.50. The molecule has 0 N–H and O–H groups in total. The number of hydrogen-bond acceptors (Lipinski definition) is 2. The van der Waals surface area contributed by atoms with Crippen molar-refractivity contribution in [3.63, 3.8) is 0 Å². The number of aromatic nitrogens is 1. The molecule has 0 aliphatic rings. The summed E-state index contributed by atoms with van der Waals surface area (Å²) in [5.74, 6) is 1.22. The highest BCUT2D eigenvalue weighted by Gasteiger charge is 2.11. The molecule has 0 radical (unpaired) electrons.